The van der Waals surface area contributed by atoms with Crippen LogP contribution in [0.3, 0.4) is 0 Å². The van der Waals surface area contributed by atoms with Crippen LogP contribution in [0.5, 0.6) is 5.75 Å². The minimum atomic E-state index is -0.629. The van der Waals surface area contributed by atoms with Gasteiger partial charge in [-0.15, -0.1) is 5.10 Å². The van der Waals surface area contributed by atoms with Gasteiger partial charge < -0.3 is 10.5 Å². The lowest BCUT2D eigenvalue weighted by atomic mass is 10.1. The Hall–Kier alpha value is -4.61. The Morgan fingerprint density at radius 1 is 1.21 bits per heavy atom. The first kappa shape index (κ1) is 21.6. The molecule has 0 atom stereocenters. The Morgan fingerprint density at radius 3 is 2.64 bits per heavy atom. The third-order valence-corrected chi connectivity index (χ3v) is 4.43. The maximum absolute atomic E-state index is 13.0. The summed E-state index contributed by atoms with van der Waals surface area (Å²) >= 11 is 0. The van der Waals surface area contributed by atoms with E-state index in [1.54, 1.807) is 24.3 Å². The van der Waals surface area contributed by atoms with E-state index in [-0.39, 0.29) is 23.1 Å². The molecule has 0 radical (unpaired) electrons. The highest BCUT2D eigenvalue weighted by atomic mass is 19.1. The molecule has 0 spiro atoms. The molecule has 168 valence electrons. The van der Waals surface area contributed by atoms with Crippen molar-refractivity contribution in [2.24, 2.45) is 5.10 Å². The normalized spacial score (nSPS) is 11.1. The standard InChI is InChI=1S/C21H19FN8O3/c1-2-11-32-16-9-5-14(6-10-16)18-17(25-29-30(18)20-19(23)27-33-28-20)21(31)26-24-12-13-3-7-15(22)8-4-13/h3-10,12H,2,11H2,1H3,(H2,23,27)(H,26,31). The molecular formula is C21H19FN8O3. The molecule has 0 aliphatic rings. The van der Waals surface area contributed by atoms with Gasteiger partial charge >= 0.3 is 0 Å². The molecule has 0 aliphatic carbocycles. The van der Waals surface area contributed by atoms with Gasteiger partial charge in [0.15, 0.2) is 5.69 Å². The molecule has 0 unspecified atom stereocenters. The Kier molecular flexibility index (Phi) is 6.34. The summed E-state index contributed by atoms with van der Waals surface area (Å²) in [5.74, 6) is -0.263. The number of benzene rings is 2. The fraction of sp³-hybridized carbons (Fsp3) is 0.143. The number of amides is 1. The Morgan fingerprint density at radius 2 is 1.97 bits per heavy atom. The van der Waals surface area contributed by atoms with Crippen LogP contribution in [-0.4, -0.2) is 44.0 Å². The number of carbonyl (C=O) groups is 1. The maximum atomic E-state index is 13.0. The number of carbonyl (C=O) groups excluding carboxylic acids is 1. The van der Waals surface area contributed by atoms with Gasteiger partial charge in [-0.05, 0) is 58.7 Å². The molecule has 3 N–H and O–H groups in total. The molecule has 11 nitrogen and oxygen atoms in total. The second-order valence-electron chi connectivity index (χ2n) is 6.80. The summed E-state index contributed by atoms with van der Waals surface area (Å²) in [7, 11) is 0. The van der Waals surface area contributed by atoms with Gasteiger partial charge in [0.05, 0.1) is 12.8 Å². The van der Waals surface area contributed by atoms with Crippen molar-refractivity contribution in [2.75, 3.05) is 12.3 Å². The lowest BCUT2D eigenvalue weighted by Gasteiger charge is -2.08. The predicted octanol–water partition coefficient (Wildman–Crippen LogP) is 2.59. The van der Waals surface area contributed by atoms with Crippen molar-refractivity contribution in [1.82, 2.24) is 30.7 Å². The number of hydrogen-bond donors (Lipinski definition) is 2. The fourth-order valence-corrected chi connectivity index (χ4v) is 2.88. The van der Waals surface area contributed by atoms with E-state index in [1.165, 1.54) is 35.2 Å². The molecule has 2 aromatic heterocycles. The van der Waals surface area contributed by atoms with Crippen molar-refractivity contribution < 1.29 is 18.6 Å². The fourth-order valence-electron chi connectivity index (χ4n) is 2.88. The number of aromatic nitrogens is 5. The number of hydrazone groups is 1. The van der Waals surface area contributed by atoms with Crippen LogP contribution in [0.4, 0.5) is 10.2 Å². The number of rotatable bonds is 8. The van der Waals surface area contributed by atoms with Crippen LogP contribution in [0.15, 0.2) is 58.3 Å². The highest BCUT2D eigenvalue weighted by Gasteiger charge is 2.25. The molecule has 0 saturated carbocycles. The number of nitrogens with two attached hydrogens (primary N) is 1. The second-order valence-corrected chi connectivity index (χ2v) is 6.80. The summed E-state index contributed by atoms with van der Waals surface area (Å²) in [6, 6.07) is 12.7. The SMILES string of the molecule is CCCOc1ccc(-c2c(C(=O)NN=Cc3ccc(F)cc3)nnn2-c2nonc2N)cc1. The van der Waals surface area contributed by atoms with E-state index in [4.69, 9.17) is 10.5 Å². The van der Waals surface area contributed by atoms with Crippen LogP contribution in [0, 0.1) is 5.82 Å². The van der Waals surface area contributed by atoms with Gasteiger partial charge in [-0.3, -0.25) is 4.79 Å². The Bertz CT molecular complexity index is 1270. The van der Waals surface area contributed by atoms with Crippen molar-refractivity contribution in [2.45, 2.75) is 13.3 Å². The van der Waals surface area contributed by atoms with Crippen molar-refractivity contribution >= 4 is 17.9 Å². The summed E-state index contributed by atoms with van der Waals surface area (Å²) in [6.07, 6.45) is 2.25. The molecule has 0 bridgehead atoms. The van der Waals surface area contributed by atoms with Gasteiger partial charge in [0.2, 0.25) is 11.6 Å². The lowest BCUT2D eigenvalue weighted by molar-refractivity contribution is 0.0950. The number of hydrogen-bond acceptors (Lipinski definition) is 9. The van der Waals surface area contributed by atoms with Crippen LogP contribution in [-0.2, 0) is 0 Å². The van der Waals surface area contributed by atoms with Crippen LogP contribution in [0.1, 0.15) is 29.4 Å². The van der Waals surface area contributed by atoms with Crippen molar-refractivity contribution in [3.8, 4) is 22.8 Å². The number of nitrogens with zero attached hydrogens (tertiary/aromatic N) is 6. The van der Waals surface area contributed by atoms with Gasteiger partial charge in [-0.1, -0.05) is 24.3 Å². The first-order valence-electron chi connectivity index (χ1n) is 9.93. The van der Waals surface area contributed by atoms with Crippen LogP contribution in [0.2, 0.25) is 0 Å². The van der Waals surface area contributed by atoms with E-state index in [2.05, 4.69) is 35.8 Å². The number of ether oxygens (including phenoxy) is 1. The molecule has 2 heterocycles. The summed E-state index contributed by atoms with van der Waals surface area (Å²) in [4.78, 5) is 12.8. The number of nitrogen functional groups attached to an aromatic ring is 1. The zero-order chi connectivity index (χ0) is 23.2. The molecule has 4 rings (SSSR count). The highest BCUT2D eigenvalue weighted by Crippen LogP contribution is 2.28. The van der Waals surface area contributed by atoms with Gasteiger partial charge in [0.1, 0.15) is 17.3 Å². The van der Waals surface area contributed by atoms with Gasteiger partial charge in [0.25, 0.3) is 5.91 Å². The zero-order valence-corrected chi connectivity index (χ0v) is 17.5. The average Bonchev–Trinajstić information content (AvgIpc) is 3.45. The summed E-state index contributed by atoms with van der Waals surface area (Å²) < 4.78 is 24.6. The number of halogens is 1. The smallest absolute Gasteiger partial charge is 0.294 e. The Labute approximate surface area is 187 Å². The lowest BCUT2D eigenvalue weighted by Crippen LogP contribution is -2.19. The van der Waals surface area contributed by atoms with E-state index in [1.807, 2.05) is 6.92 Å². The minimum Gasteiger partial charge on any atom is -0.494 e. The third-order valence-electron chi connectivity index (χ3n) is 4.43. The summed E-state index contributed by atoms with van der Waals surface area (Å²) in [5, 5.41) is 19.2. The molecule has 1 amide bonds. The average molecular weight is 450 g/mol. The summed E-state index contributed by atoms with van der Waals surface area (Å²) in [5.41, 5.74) is 9.67. The van der Waals surface area contributed by atoms with Crippen LogP contribution in [0.25, 0.3) is 17.1 Å². The molecule has 2 aromatic carbocycles. The molecule has 33 heavy (non-hydrogen) atoms. The molecule has 4 aromatic rings. The van der Waals surface area contributed by atoms with Crippen LogP contribution < -0.4 is 15.9 Å². The van der Waals surface area contributed by atoms with E-state index < -0.39 is 5.91 Å². The number of nitrogens with one attached hydrogen (secondary N) is 1. The molecule has 0 aliphatic heterocycles. The number of anilines is 1. The molecule has 0 fully saturated rings. The van der Waals surface area contributed by atoms with Gasteiger partial charge in [-0.25, -0.2) is 14.4 Å². The van der Waals surface area contributed by atoms with E-state index >= 15 is 0 Å². The van der Waals surface area contributed by atoms with E-state index in [9.17, 15) is 9.18 Å². The maximum Gasteiger partial charge on any atom is 0.294 e. The van der Waals surface area contributed by atoms with Crippen molar-refractivity contribution in [3.63, 3.8) is 0 Å². The topological polar surface area (TPSA) is 146 Å². The van der Waals surface area contributed by atoms with Crippen molar-refractivity contribution in [3.05, 3.63) is 65.6 Å². The third kappa shape index (κ3) is 4.84. The van der Waals surface area contributed by atoms with Gasteiger partial charge in [-0.2, -0.15) is 9.78 Å². The quantitative estimate of drug-likeness (QED) is 0.308. The molecule has 0 saturated heterocycles. The van der Waals surface area contributed by atoms with E-state index in [0.717, 1.165) is 6.42 Å². The van der Waals surface area contributed by atoms with Crippen LogP contribution >= 0.6 is 0 Å². The first-order valence-corrected chi connectivity index (χ1v) is 9.93. The summed E-state index contributed by atoms with van der Waals surface area (Å²) in [6.45, 7) is 2.60. The first-order chi connectivity index (χ1) is 16.1. The second kappa shape index (κ2) is 9.68. The monoisotopic (exact) mass is 450 g/mol. The largest absolute Gasteiger partial charge is 0.494 e. The highest BCUT2D eigenvalue weighted by molar-refractivity contribution is 5.98. The molecular weight excluding hydrogens is 431 g/mol. The minimum absolute atomic E-state index is 0.0228. The van der Waals surface area contributed by atoms with Crippen molar-refractivity contribution in [1.29, 1.82) is 0 Å². The zero-order valence-electron chi connectivity index (χ0n) is 17.5. The van der Waals surface area contributed by atoms with E-state index in [0.29, 0.717) is 29.2 Å². The predicted molar refractivity (Wildman–Crippen MR) is 116 cm³/mol. The Balaban J connectivity index is 1.65. The van der Waals surface area contributed by atoms with Gasteiger partial charge in [0, 0.05) is 5.56 Å². The molecule has 12 heteroatoms.